The van der Waals surface area contributed by atoms with Crippen molar-refractivity contribution in [2.75, 3.05) is 19.7 Å². The van der Waals surface area contributed by atoms with E-state index in [1.54, 1.807) is 0 Å². The lowest BCUT2D eigenvalue weighted by molar-refractivity contribution is -0.168. The molecule has 1 aliphatic rings. The Bertz CT molecular complexity index is 219. The SMILES string of the molecule is NC(=O)N1CCOC(CC(F)(F)F)C1. The van der Waals surface area contributed by atoms with Crippen LogP contribution in [0.4, 0.5) is 18.0 Å². The Kier molecular flexibility index (Phi) is 3.20. The molecule has 0 spiro atoms. The zero-order valence-corrected chi connectivity index (χ0v) is 7.38. The number of halogens is 3. The van der Waals surface area contributed by atoms with Crippen LogP contribution in [0.1, 0.15) is 6.42 Å². The number of urea groups is 1. The first kappa shape index (κ1) is 11.1. The summed E-state index contributed by atoms with van der Waals surface area (Å²) in [6.07, 6.45) is -6.31. The quantitative estimate of drug-likeness (QED) is 0.696. The van der Waals surface area contributed by atoms with Crippen LogP contribution in [0.15, 0.2) is 0 Å². The maximum Gasteiger partial charge on any atom is 0.391 e. The third-order valence-electron chi connectivity index (χ3n) is 1.91. The number of rotatable bonds is 1. The van der Waals surface area contributed by atoms with Crippen LogP contribution in [0.2, 0.25) is 0 Å². The highest BCUT2D eigenvalue weighted by molar-refractivity contribution is 5.72. The topological polar surface area (TPSA) is 55.6 Å². The van der Waals surface area contributed by atoms with Gasteiger partial charge in [0.25, 0.3) is 0 Å². The first-order valence-corrected chi connectivity index (χ1v) is 4.11. The molecule has 7 heteroatoms. The van der Waals surface area contributed by atoms with Crippen molar-refractivity contribution in [2.45, 2.75) is 18.7 Å². The van der Waals surface area contributed by atoms with Crippen LogP contribution >= 0.6 is 0 Å². The molecule has 0 saturated carbocycles. The molecule has 1 rings (SSSR count). The van der Waals surface area contributed by atoms with Crippen molar-refractivity contribution < 1.29 is 22.7 Å². The summed E-state index contributed by atoms with van der Waals surface area (Å²) in [5.41, 5.74) is 4.94. The molecule has 4 nitrogen and oxygen atoms in total. The molecule has 2 amide bonds. The predicted octanol–water partition coefficient (Wildman–Crippen LogP) is 0.718. The first-order valence-electron chi connectivity index (χ1n) is 4.11. The standard InChI is InChI=1S/C7H11F3N2O2/c8-7(9,10)3-5-4-12(6(11)13)1-2-14-5/h5H,1-4H2,(H2,11,13). The minimum Gasteiger partial charge on any atom is -0.374 e. The normalized spacial score (nSPS) is 23.6. The first-order chi connectivity index (χ1) is 6.38. The molecule has 0 radical (unpaired) electrons. The van der Waals surface area contributed by atoms with E-state index in [2.05, 4.69) is 0 Å². The van der Waals surface area contributed by atoms with Crippen molar-refractivity contribution in [3.8, 4) is 0 Å². The lowest BCUT2D eigenvalue weighted by atomic mass is 10.2. The van der Waals surface area contributed by atoms with Gasteiger partial charge in [-0.25, -0.2) is 4.79 Å². The Morgan fingerprint density at radius 3 is 2.71 bits per heavy atom. The van der Waals surface area contributed by atoms with Crippen molar-refractivity contribution in [1.29, 1.82) is 0 Å². The summed E-state index contributed by atoms with van der Waals surface area (Å²) in [5.74, 6) is 0. The van der Waals surface area contributed by atoms with Gasteiger partial charge < -0.3 is 15.4 Å². The van der Waals surface area contributed by atoms with Gasteiger partial charge in [0, 0.05) is 13.1 Å². The van der Waals surface area contributed by atoms with Crippen LogP contribution < -0.4 is 5.73 Å². The number of nitrogens with two attached hydrogens (primary N) is 1. The number of hydrogen-bond acceptors (Lipinski definition) is 2. The number of morpholine rings is 1. The highest BCUT2D eigenvalue weighted by Crippen LogP contribution is 2.24. The van der Waals surface area contributed by atoms with Crippen LogP contribution in [0.3, 0.4) is 0 Å². The number of amides is 2. The van der Waals surface area contributed by atoms with Crippen molar-refractivity contribution in [3.63, 3.8) is 0 Å². The van der Waals surface area contributed by atoms with E-state index in [-0.39, 0.29) is 19.7 Å². The molecule has 0 aromatic carbocycles. The van der Waals surface area contributed by atoms with Crippen LogP contribution in [0.25, 0.3) is 0 Å². The summed E-state index contributed by atoms with van der Waals surface area (Å²) in [6, 6.07) is -0.708. The average molecular weight is 212 g/mol. The van der Waals surface area contributed by atoms with Crippen molar-refractivity contribution in [3.05, 3.63) is 0 Å². The largest absolute Gasteiger partial charge is 0.391 e. The van der Waals surface area contributed by atoms with Crippen LogP contribution in [0.5, 0.6) is 0 Å². The fourth-order valence-corrected chi connectivity index (χ4v) is 1.30. The molecule has 1 heterocycles. The molecule has 0 aliphatic carbocycles. The Balaban J connectivity index is 2.44. The molecule has 0 bridgehead atoms. The fraction of sp³-hybridized carbons (Fsp3) is 0.857. The van der Waals surface area contributed by atoms with Gasteiger partial charge >= 0.3 is 12.2 Å². The van der Waals surface area contributed by atoms with Gasteiger partial charge in [-0.1, -0.05) is 0 Å². The van der Waals surface area contributed by atoms with Gasteiger partial charge in [-0.15, -0.1) is 0 Å². The van der Waals surface area contributed by atoms with Crippen molar-refractivity contribution >= 4 is 6.03 Å². The molecule has 1 atom stereocenters. The Hall–Kier alpha value is -0.980. The molecule has 82 valence electrons. The summed E-state index contributed by atoms with van der Waals surface area (Å²) < 4.78 is 40.7. The maximum absolute atomic E-state index is 12.0. The third-order valence-corrected chi connectivity index (χ3v) is 1.91. The van der Waals surface area contributed by atoms with E-state index in [1.165, 1.54) is 0 Å². The molecule has 0 aromatic heterocycles. The van der Waals surface area contributed by atoms with E-state index in [1.807, 2.05) is 0 Å². The van der Waals surface area contributed by atoms with E-state index in [0.717, 1.165) is 4.90 Å². The van der Waals surface area contributed by atoms with Gasteiger partial charge in [0.1, 0.15) is 0 Å². The summed E-state index contributed by atoms with van der Waals surface area (Å²) in [6.45, 7) is 0.266. The lowest BCUT2D eigenvalue weighted by Crippen LogP contribution is -2.48. The summed E-state index contributed by atoms with van der Waals surface area (Å²) in [5, 5.41) is 0. The zero-order chi connectivity index (χ0) is 10.8. The van der Waals surface area contributed by atoms with Gasteiger partial charge in [0.2, 0.25) is 0 Å². The maximum atomic E-state index is 12.0. The minimum atomic E-state index is -4.27. The number of carbonyl (C=O) groups is 1. The van der Waals surface area contributed by atoms with E-state index in [0.29, 0.717) is 0 Å². The smallest absolute Gasteiger partial charge is 0.374 e. The van der Waals surface area contributed by atoms with Crippen LogP contribution in [-0.4, -0.2) is 42.9 Å². The third kappa shape index (κ3) is 3.41. The molecule has 1 unspecified atom stereocenters. The van der Waals surface area contributed by atoms with Gasteiger partial charge in [-0.3, -0.25) is 0 Å². The lowest BCUT2D eigenvalue weighted by Gasteiger charge is -2.32. The van der Waals surface area contributed by atoms with E-state index in [4.69, 9.17) is 10.5 Å². The molecule has 1 aliphatic heterocycles. The van der Waals surface area contributed by atoms with E-state index >= 15 is 0 Å². The van der Waals surface area contributed by atoms with Gasteiger partial charge in [0.05, 0.1) is 19.1 Å². The van der Waals surface area contributed by atoms with Crippen molar-refractivity contribution in [2.24, 2.45) is 5.73 Å². The Labute approximate surface area is 78.8 Å². The summed E-state index contributed by atoms with van der Waals surface area (Å²) in [4.78, 5) is 11.8. The second kappa shape index (κ2) is 4.04. The molecular weight excluding hydrogens is 201 g/mol. The van der Waals surface area contributed by atoms with Crippen molar-refractivity contribution in [1.82, 2.24) is 4.90 Å². The van der Waals surface area contributed by atoms with Crippen LogP contribution in [0, 0.1) is 0 Å². The second-order valence-corrected chi connectivity index (χ2v) is 3.10. The summed E-state index contributed by atoms with van der Waals surface area (Å²) >= 11 is 0. The van der Waals surface area contributed by atoms with E-state index < -0.39 is 24.7 Å². The molecule has 1 fully saturated rings. The number of carbonyl (C=O) groups excluding carboxylic acids is 1. The highest BCUT2D eigenvalue weighted by Gasteiger charge is 2.35. The average Bonchev–Trinajstić information content (AvgIpc) is 2.01. The van der Waals surface area contributed by atoms with Crippen LogP contribution in [-0.2, 0) is 4.74 Å². The number of ether oxygens (including phenoxy) is 1. The molecule has 2 N–H and O–H groups in total. The Morgan fingerprint density at radius 2 is 2.21 bits per heavy atom. The van der Waals surface area contributed by atoms with E-state index in [9.17, 15) is 18.0 Å². The molecule has 0 aromatic rings. The second-order valence-electron chi connectivity index (χ2n) is 3.10. The predicted molar refractivity (Wildman–Crippen MR) is 41.6 cm³/mol. The fourth-order valence-electron chi connectivity index (χ4n) is 1.30. The Morgan fingerprint density at radius 1 is 1.57 bits per heavy atom. The van der Waals surface area contributed by atoms with Gasteiger partial charge in [0.15, 0.2) is 0 Å². The number of alkyl halides is 3. The van der Waals surface area contributed by atoms with Gasteiger partial charge in [-0.05, 0) is 0 Å². The van der Waals surface area contributed by atoms with Gasteiger partial charge in [-0.2, -0.15) is 13.2 Å². The molecule has 1 saturated heterocycles. The summed E-state index contributed by atoms with van der Waals surface area (Å²) in [7, 11) is 0. The number of hydrogen-bond donors (Lipinski definition) is 1. The number of primary amides is 1. The minimum absolute atomic E-state index is 0.0884. The number of nitrogens with zero attached hydrogens (tertiary/aromatic N) is 1. The highest BCUT2D eigenvalue weighted by atomic mass is 19.4. The monoisotopic (exact) mass is 212 g/mol. The zero-order valence-electron chi connectivity index (χ0n) is 7.38. The molecule has 14 heavy (non-hydrogen) atoms. The molecular formula is C7H11F3N2O2.